The predicted octanol–water partition coefficient (Wildman–Crippen LogP) is 2.94. The van der Waals surface area contributed by atoms with Gasteiger partial charge in [0.15, 0.2) is 0 Å². The van der Waals surface area contributed by atoms with Crippen molar-refractivity contribution in [2.45, 2.75) is 19.5 Å². The van der Waals surface area contributed by atoms with Crippen LogP contribution in [-0.2, 0) is 20.0 Å². The van der Waals surface area contributed by atoms with Crippen molar-refractivity contribution in [2.24, 2.45) is 5.92 Å². The van der Waals surface area contributed by atoms with E-state index in [9.17, 15) is 26.4 Å². The highest BCUT2D eigenvalue weighted by molar-refractivity contribution is 8.13. The Bertz CT molecular complexity index is 703. The van der Waals surface area contributed by atoms with E-state index in [1.54, 1.807) is 0 Å². The second-order valence-electron chi connectivity index (χ2n) is 5.28. The summed E-state index contributed by atoms with van der Waals surface area (Å²) in [7, 11) is 1.39. The minimum Gasteiger partial charge on any atom is -0.312 e. The lowest BCUT2D eigenvalue weighted by Gasteiger charge is -2.19. The van der Waals surface area contributed by atoms with Crippen molar-refractivity contribution in [1.82, 2.24) is 0 Å². The van der Waals surface area contributed by atoms with Gasteiger partial charge in [0.1, 0.15) is 0 Å². The number of carbonyl (C=O) groups excluding carboxylic acids is 1. The lowest BCUT2D eigenvalue weighted by Crippen LogP contribution is -2.26. The number of carbonyl (C=O) groups is 1. The zero-order chi connectivity index (χ0) is 16.7. The van der Waals surface area contributed by atoms with Crippen LogP contribution in [0.1, 0.15) is 17.5 Å². The molecular formula is C13H13ClF3NO3S. The molecule has 0 aliphatic carbocycles. The highest BCUT2D eigenvalue weighted by Crippen LogP contribution is 2.35. The zero-order valence-corrected chi connectivity index (χ0v) is 13.1. The van der Waals surface area contributed by atoms with E-state index < -0.39 is 32.6 Å². The molecule has 0 spiro atoms. The molecule has 1 heterocycles. The molecule has 0 radical (unpaired) electrons. The molecule has 0 aromatic heterocycles. The molecule has 1 aliphatic heterocycles. The molecule has 2 rings (SSSR count). The SMILES string of the molecule is Cc1ccc(N2CC(CS(=O)(=O)Cl)CC2=O)cc1C(F)(F)F. The van der Waals surface area contributed by atoms with Crippen LogP contribution in [0.5, 0.6) is 0 Å². The molecule has 1 atom stereocenters. The summed E-state index contributed by atoms with van der Waals surface area (Å²) in [6, 6.07) is 3.61. The van der Waals surface area contributed by atoms with E-state index in [1.807, 2.05) is 0 Å². The Labute approximate surface area is 130 Å². The summed E-state index contributed by atoms with van der Waals surface area (Å²) >= 11 is 0. The van der Waals surface area contributed by atoms with Gasteiger partial charge in [-0.1, -0.05) is 6.07 Å². The summed E-state index contributed by atoms with van der Waals surface area (Å²) in [4.78, 5) is 13.1. The maximum absolute atomic E-state index is 12.9. The molecule has 1 fully saturated rings. The first-order chi connectivity index (χ1) is 9.97. The van der Waals surface area contributed by atoms with Gasteiger partial charge in [0, 0.05) is 35.3 Å². The first kappa shape index (κ1) is 17.1. The van der Waals surface area contributed by atoms with Crippen LogP contribution in [0.2, 0.25) is 0 Å². The number of anilines is 1. The number of rotatable bonds is 3. The van der Waals surface area contributed by atoms with Gasteiger partial charge in [0.25, 0.3) is 0 Å². The van der Waals surface area contributed by atoms with E-state index in [0.29, 0.717) is 0 Å². The first-order valence-electron chi connectivity index (χ1n) is 6.38. The fraction of sp³-hybridized carbons (Fsp3) is 0.462. The number of benzene rings is 1. The molecule has 1 saturated heterocycles. The molecule has 0 saturated carbocycles. The number of amides is 1. The molecule has 4 nitrogen and oxygen atoms in total. The topological polar surface area (TPSA) is 54.5 Å². The first-order valence-corrected chi connectivity index (χ1v) is 8.86. The molecular weight excluding hydrogens is 343 g/mol. The van der Waals surface area contributed by atoms with Crippen LogP contribution < -0.4 is 4.90 Å². The summed E-state index contributed by atoms with van der Waals surface area (Å²) < 4.78 is 60.8. The van der Waals surface area contributed by atoms with Crippen molar-refractivity contribution in [2.75, 3.05) is 17.2 Å². The number of halogens is 4. The molecule has 1 aromatic rings. The van der Waals surface area contributed by atoms with Crippen molar-refractivity contribution in [3.8, 4) is 0 Å². The Balaban J connectivity index is 2.28. The molecule has 122 valence electrons. The van der Waals surface area contributed by atoms with E-state index >= 15 is 0 Å². The monoisotopic (exact) mass is 355 g/mol. The molecule has 1 unspecified atom stereocenters. The number of hydrogen-bond acceptors (Lipinski definition) is 3. The Kier molecular flexibility index (Phi) is 4.45. The van der Waals surface area contributed by atoms with Gasteiger partial charge in [-0.15, -0.1) is 0 Å². The van der Waals surface area contributed by atoms with Crippen molar-refractivity contribution in [3.63, 3.8) is 0 Å². The van der Waals surface area contributed by atoms with E-state index in [1.165, 1.54) is 24.0 Å². The lowest BCUT2D eigenvalue weighted by atomic mass is 10.1. The smallest absolute Gasteiger partial charge is 0.312 e. The minimum absolute atomic E-state index is 0.0329. The quantitative estimate of drug-likeness (QED) is 0.783. The number of hydrogen-bond donors (Lipinski definition) is 0. The maximum Gasteiger partial charge on any atom is 0.416 e. The van der Waals surface area contributed by atoms with Gasteiger partial charge in [-0.2, -0.15) is 13.2 Å². The Morgan fingerprint density at radius 3 is 2.55 bits per heavy atom. The molecule has 1 amide bonds. The largest absolute Gasteiger partial charge is 0.416 e. The molecule has 22 heavy (non-hydrogen) atoms. The van der Waals surface area contributed by atoms with E-state index in [4.69, 9.17) is 10.7 Å². The third-order valence-electron chi connectivity index (χ3n) is 3.48. The summed E-state index contributed by atoms with van der Waals surface area (Å²) in [6.07, 6.45) is -4.57. The maximum atomic E-state index is 12.9. The second kappa shape index (κ2) is 5.73. The normalized spacial score (nSPS) is 19.8. The minimum atomic E-state index is -4.51. The van der Waals surface area contributed by atoms with Crippen LogP contribution in [-0.4, -0.2) is 26.6 Å². The standard InChI is InChI=1S/C13H13ClF3NO3S/c1-8-2-3-10(5-11(8)13(15,16)17)18-6-9(4-12(18)19)7-22(14,20)21/h2-3,5,9H,4,6-7H2,1H3. The number of nitrogens with zero attached hydrogens (tertiary/aromatic N) is 1. The molecule has 1 aliphatic rings. The molecule has 0 N–H and O–H groups in total. The average Bonchev–Trinajstić information content (AvgIpc) is 2.66. The van der Waals surface area contributed by atoms with Crippen LogP contribution in [0, 0.1) is 12.8 Å². The van der Waals surface area contributed by atoms with Gasteiger partial charge >= 0.3 is 6.18 Å². The van der Waals surface area contributed by atoms with Crippen molar-refractivity contribution >= 4 is 31.3 Å². The Hall–Kier alpha value is -1.28. The van der Waals surface area contributed by atoms with Crippen LogP contribution in [0.25, 0.3) is 0 Å². The summed E-state index contributed by atoms with van der Waals surface area (Å²) in [5.41, 5.74) is -0.647. The Morgan fingerprint density at radius 2 is 2.00 bits per heavy atom. The van der Waals surface area contributed by atoms with Crippen LogP contribution in [0.15, 0.2) is 18.2 Å². The highest BCUT2D eigenvalue weighted by atomic mass is 35.7. The predicted molar refractivity (Wildman–Crippen MR) is 76.3 cm³/mol. The van der Waals surface area contributed by atoms with Crippen LogP contribution in [0.3, 0.4) is 0 Å². The third kappa shape index (κ3) is 3.92. The highest BCUT2D eigenvalue weighted by Gasteiger charge is 2.36. The van der Waals surface area contributed by atoms with Crippen molar-refractivity contribution < 1.29 is 26.4 Å². The summed E-state index contributed by atoms with van der Waals surface area (Å²) in [6.45, 7) is 1.37. The average molecular weight is 356 g/mol. The van der Waals surface area contributed by atoms with Gasteiger partial charge in [-0.05, 0) is 24.6 Å². The molecule has 0 bridgehead atoms. The van der Waals surface area contributed by atoms with Gasteiger partial charge in [-0.25, -0.2) is 8.42 Å². The van der Waals surface area contributed by atoms with E-state index in [0.717, 1.165) is 6.07 Å². The van der Waals surface area contributed by atoms with Crippen LogP contribution in [0.4, 0.5) is 18.9 Å². The van der Waals surface area contributed by atoms with Gasteiger partial charge in [0.05, 0.1) is 11.3 Å². The fourth-order valence-electron chi connectivity index (χ4n) is 2.51. The second-order valence-corrected chi connectivity index (χ2v) is 8.10. The molecule has 9 heteroatoms. The summed E-state index contributed by atoms with van der Waals surface area (Å²) in [5.74, 6) is -1.32. The van der Waals surface area contributed by atoms with E-state index in [-0.39, 0.29) is 30.0 Å². The van der Waals surface area contributed by atoms with Gasteiger partial charge in [-0.3, -0.25) is 4.79 Å². The van der Waals surface area contributed by atoms with Crippen LogP contribution >= 0.6 is 10.7 Å². The van der Waals surface area contributed by atoms with Crippen molar-refractivity contribution in [1.29, 1.82) is 0 Å². The Morgan fingerprint density at radius 1 is 1.36 bits per heavy atom. The lowest BCUT2D eigenvalue weighted by molar-refractivity contribution is -0.138. The molecule has 1 aromatic carbocycles. The summed E-state index contributed by atoms with van der Waals surface area (Å²) in [5, 5.41) is 0. The van der Waals surface area contributed by atoms with Gasteiger partial charge < -0.3 is 4.90 Å². The third-order valence-corrected chi connectivity index (χ3v) is 4.73. The zero-order valence-electron chi connectivity index (χ0n) is 11.5. The van der Waals surface area contributed by atoms with E-state index in [2.05, 4.69) is 0 Å². The number of aryl methyl sites for hydroxylation is 1. The number of alkyl halides is 3. The fourth-order valence-corrected chi connectivity index (χ4v) is 3.83. The van der Waals surface area contributed by atoms with Gasteiger partial charge in [0.2, 0.25) is 15.0 Å². The van der Waals surface area contributed by atoms with Crippen molar-refractivity contribution in [3.05, 3.63) is 29.3 Å².